The highest BCUT2D eigenvalue weighted by molar-refractivity contribution is 7.47. The van der Waals surface area contributed by atoms with Crippen LogP contribution in [-0.2, 0) is 65.4 Å². The molecule has 0 bridgehead atoms. The van der Waals surface area contributed by atoms with Gasteiger partial charge in [0.2, 0.25) is 0 Å². The molecule has 17 nitrogen and oxygen atoms in total. The Morgan fingerprint density at radius 2 is 0.480 bits per heavy atom. The number of aliphatic hydroxyl groups is 1. The van der Waals surface area contributed by atoms with Crippen LogP contribution in [0, 0.1) is 23.7 Å². The van der Waals surface area contributed by atoms with Crippen LogP contribution in [0.25, 0.3) is 0 Å². The van der Waals surface area contributed by atoms with E-state index in [1.54, 1.807) is 0 Å². The molecule has 4 unspecified atom stereocenters. The predicted octanol–water partition coefficient (Wildman–Crippen LogP) is 24.0. The number of rotatable bonds is 78. The topological polar surface area (TPSA) is 237 Å². The molecule has 0 aliphatic rings. The monoisotopic (exact) mass is 1470 g/mol. The van der Waals surface area contributed by atoms with Crippen LogP contribution in [0.1, 0.15) is 415 Å². The largest absolute Gasteiger partial charge is 0.472 e. The molecule has 0 rings (SSSR count). The van der Waals surface area contributed by atoms with Gasteiger partial charge in [-0.3, -0.25) is 37.3 Å². The Labute approximate surface area is 613 Å². The van der Waals surface area contributed by atoms with Crippen LogP contribution in [-0.4, -0.2) is 96.7 Å². The van der Waals surface area contributed by atoms with E-state index in [0.717, 1.165) is 114 Å². The quantitative estimate of drug-likeness (QED) is 0.0222. The first-order chi connectivity index (χ1) is 48.2. The Hall–Kier alpha value is -1.94. The van der Waals surface area contributed by atoms with Crippen molar-refractivity contribution >= 4 is 39.5 Å². The van der Waals surface area contributed by atoms with Gasteiger partial charge >= 0.3 is 39.5 Å². The van der Waals surface area contributed by atoms with Gasteiger partial charge in [0.25, 0.3) is 0 Å². The van der Waals surface area contributed by atoms with E-state index in [1.807, 2.05) is 0 Å². The molecule has 0 fully saturated rings. The molecule has 0 radical (unpaired) electrons. The Balaban J connectivity index is 5.22. The minimum Gasteiger partial charge on any atom is -0.462 e. The molecule has 0 saturated heterocycles. The zero-order chi connectivity index (χ0) is 73.8. The highest BCUT2D eigenvalue weighted by Gasteiger charge is 2.30. The molecule has 0 aliphatic heterocycles. The van der Waals surface area contributed by atoms with E-state index in [4.69, 9.17) is 37.0 Å². The summed E-state index contributed by atoms with van der Waals surface area (Å²) < 4.78 is 68.7. The van der Waals surface area contributed by atoms with Crippen molar-refractivity contribution in [1.82, 2.24) is 0 Å². The van der Waals surface area contributed by atoms with E-state index in [-0.39, 0.29) is 25.7 Å². The van der Waals surface area contributed by atoms with Crippen molar-refractivity contribution in [3.63, 3.8) is 0 Å². The highest BCUT2D eigenvalue weighted by atomic mass is 31.2. The second kappa shape index (κ2) is 70.1. The Morgan fingerprint density at radius 3 is 0.710 bits per heavy atom. The van der Waals surface area contributed by atoms with Gasteiger partial charge in [-0.05, 0) is 49.4 Å². The molecule has 0 aromatic carbocycles. The Morgan fingerprint density at radius 1 is 0.280 bits per heavy atom. The van der Waals surface area contributed by atoms with Gasteiger partial charge < -0.3 is 33.8 Å². The summed E-state index contributed by atoms with van der Waals surface area (Å²) in [6, 6.07) is 0. The minimum atomic E-state index is -4.96. The summed E-state index contributed by atoms with van der Waals surface area (Å²) in [5.74, 6) is 1.04. The third-order valence-corrected chi connectivity index (χ3v) is 21.4. The van der Waals surface area contributed by atoms with E-state index in [0.29, 0.717) is 31.6 Å². The number of hydrogen-bond donors (Lipinski definition) is 3. The van der Waals surface area contributed by atoms with Crippen LogP contribution >= 0.6 is 15.6 Å². The molecule has 0 heterocycles. The molecule has 7 atom stereocenters. The molecule has 100 heavy (non-hydrogen) atoms. The lowest BCUT2D eigenvalue weighted by Crippen LogP contribution is -2.30. The fraction of sp³-hybridized carbons (Fsp3) is 0.951. The average Bonchev–Trinajstić information content (AvgIpc) is 0.954. The van der Waals surface area contributed by atoms with Crippen molar-refractivity contribution in [1.29, 1.82) is 0 Å². The molecule has 0 saturated carbocycles. The maximum Gasteiger partial charge on any atom is 0.472 e. The number of phosphoric ester groups is 2. The van der Waals surface area contributed by atoms with E-state index >= 15 is 0 Å². The van der Waals surface area contributed by atoms with Crippen molar-refractivity contribution < 1.29 is 80.2 Å². The number of ether oxygens (including phenoxy) is 4. The third-order valence-electron chi connectivity index (χ3n) is 19.5. The number of phosphoric acid groups is 2. The van der Waals surface area contributed by atoms with Crippen LogP contribution in [0.2, 0.25) is 0 Å². The Kier molecular flexibility index (Phi) is 68.7. The molecule has 594 valence electrons. The Bertz CT molecular complexity index is 1960. The lowest BCUT2D eigenvalue weighted by Gasteiger charge is -2.21. The number of carbonyl (C=O) groups is 4. The van der Waals surface area contributed by atoms with Crippen molar-refractivity contribution in [2.75, 3.05) is 39.6 Å². The third kappa shape index (κ3) is 71.7. The van der Waals surface area contributed by atoms with E-state index in [1.165, 1.54) is 212 Å². The lowest BCUT2D eigenvalue weighted by molar-refractivity contribution is -0.161. The number of carbonyl (C=O) groups excluding carboxylic acids is 4. The normalized spacial score (nSPS) is 14.6. The molecule has 0 spiro atoms. The second-order valence-electron chi connectivity index (χ2n) is 30.6. The number of unbranched alkanes of at least 4 members (excludes halogenated alkanes) is 42. The molecule has 0 aromatic heterocycles. The molecular weight excluding hydrogens is 1310 g/mol. The predicted molar refractivity (Wildman–Crippen MR) is 409 cm³/mol. The number of aliphatic hydroxyl groups excluding tert-OH is 1. The SMILES string of the molecule is CCC(C)CCCCCCCCCCCCCCCCC(=O)OC[C@H](COP(=O)(O)OC[C@@H](O)COP(=O)(O)OC[C@@H](COC(=O)CCCCCCCCC(C)C)OC(=O)CCCCCCCCCCCCCCCCC(C)CC)OC(=O)CCCCCCCCCCCCCCC(C)C. The van der Waals surface area contributed by atoms with Gasteiger partial charge in [-0.25, -0.2) is 9.13 Å². The summed E-state index contributed by atoms with van der Waals surface area (Å²) in [6.45, 7) is 14.3. The van der Waals surface area contributed by atoms with Crippen molar-refractivity contribution in [2.24, 2.45) is 23.7 Å². The summed E-state index contributed by atoms with van der Waals surface area (Å²) in [6.07, 6.45) is 56.9. The fourth-order valence-corrected chi connectivity index (χ4v) is 13.9. The number of esters is 4. The van der Waals surface area contributed by atoms with E-state index < -0.39 is 97.5 Å². The summed E-state index contributed by atoms with van der Waals surface area (Å²) in [4.78, 5) is 73.0. The maximum atomic E-state index is 13.1. The number of hydrogen-bond acceptors (Lipinski definition) is 15. The summed E-state index contributed by atoms with van der Waals surface area (Å²) >= 11 is 0. The first-order valence-electron chi connectivity index (χ1n) is 41.8. The highest BCUT2D eigenvalue weighted by Crippen LogP contribution is 2.45. The molecular formula is C81H158O17P2. The van der Waals surface area contributed by atoms with Gasteiger partial charge in [0.1, 0.15) is 19.3 Å². The average molecular weight is 1470 g/mol. The van der Waals surface area contributed by atoms with Crippen LogP contribution in [0.15, 0.2) is 0 Å². The molecule has 0 amide bonds. The molecule has 0 aromatic rings. The van der Waals surface area contributed by atoms with Crippen LogP contribution < -0.4 is 0 Å². The van der Waals surface area contributed by atoms with Crippen molar-refractivity contribution in [2.45, 2.75) is 433 Å². The van der Waals surface area contributed by atoms with Crippen molar-refractivity contribution in [3.05, 3.63) is 0 Å². The first kappa shape index (κ1) is 98.1. The smallest absolute Gasteiger partial charge is 0.462 e. The molecule has 19 heteroatoms. The van der Waals surface area contributed by atoms with E-state index in [2.05, 4.69) is 55.4 Å². The summed E-state index contributed by atoms with van der Waals surface area (Å²) in [5, 5.41) is 10.6. The fourth-order valence-electron chi connectivity index (χ4n) is 12.4. The van der Waals surface area contributed by atoms with E-state index in [9.17, 15) is 43.2 Å². The van der Waals surface area contributed by atoms with Crippen LogP contribution in [0.4, 0.5) is 0 Å². The standard InChI is InChI=1S/C81H158O17P2/c1-9-73(7)59-51-43-34-28-22-15-11-13-17-24-30-36-45-53-61-78(83)91-67-76(97-80(85)64-56-48-38-32-26-20-19-21-27-33-41-49-57-71(3)4)69-95-99(87,88)93-65-75(82)66-94-100(89,90)96-70-77(68-92-79(84)62-54-46-40-39-42-50-58-72(5)6)98-81(86)63-55-47-37-31-25-18-14-12-16-23-29-35-44-52-60-74(8)10-2/h71-77,82H,9-70H2,1-8H3,(H,87,88)(H,89,90)/t73?,74?,75-,76-,77-/m1/s1. The van der Waals surface area contributed by atoms with Crippen LogP contribution in [0.3, 0.4) is 0 Å². The second-order valence-corrected chi connectivity index (χ2v) is 33.5. The lowest BCUT2D eigenvalue weighted by atomic mass is 9.99. The summed E-state index contributed by atoms with van der Waals surface area (Å²) in [7, 11) is -9.92. The van der Waals surface area contributed by atoms with Gasteiger partial charge in [-0.1, -0.05) is 364 Å². The van der Waals surface area contributed by atoms with Gasteiger partial charge in [0.05, 0.1) is 26.4 Å². The first-order valence-corrected chi connectivity index (χ1v) is 44.8. The zero-order valence-corrected chi connectivity index (χ0v) is 67.6. The van der Waals surface area contributed by atoms with Crippen molar-refractivity contribution in [3.8, 4) is 0 Å². The zero-order valence-electron chi connectivity index (χ0n) is 65.8. The van der Waals surface area contributed by atoms with Gasteiger partial charge in [-0.2, -0.15) is 0 Å². The minimum absolute atomic E-state index is 0.106. The van der Waals surface area contributed by atoms with Gasteiger partial charge in [0, 0.05) is 25.7 Å². The molecule has 3 N–H and O–H groups in total. The van der Waals surface area contributed by atoms with Gasteiger partial charge in [0.15, 0.2) is 12.2 Å². The summed E-state index contributed by atoms with van der Waals surface area (Å²) in [5.41, 5.74) is 0. The van der Waals surface area contributed by atoms with Crippen LogP contribution in [0.5, 0.6) is 0 Å². The molecule has 0 aliphatic carbocycles. The van der Waals surface area contributed by atoms with Gasteiger partial charge in [-0.15, -0.1) is 0 Å². The maximum absolute atomic E-state index is 13.1.